The molecule has 0 unspecified atom stereocenters. The van der Waals surface area contributed by atoms with Gasteiger partial charge in [-0.3, -0.25) is 9.36 Å². The molecule has 0 saturated carbocycles. The van der Waals surface area contributed by atoms with Gasteiger partial charge < -0.3 is 14.8 Å². The summed E-state index contributed by atoms with van der Waals surface area (Å²) in [4.78, 5) is 27.7. The van der Waals surface area contributed by atoms with Crippen molar-refractivity contribution in [3.05, 3.63) is 99.8 Å². The third-order valence-corrected chi connectivity index (χ3v) is 7.48. The fourth-order valence-corrected chi connectivity index (χ4v) is 6.15. The molecule has 5 nitrogen and oxygen atoms in total. The largest absolute Gasteiger partial charge is 1.00 e. The smallest absolute Gasteiger partial charge is 0.548 e. The molecule has 0 bridgehead atoms. The van der Waals surface area contributed by atoms with Gasteiger partial charge in [-0.1, -0.05) is 72.8 Å². The molecule has 0 N–H and O–H groups in total. The van der Waals surface area contributed by atoms with Crippen molar-refractivity contribution in [3.63, 3.8) is 0 Å². The van der Waals surface area contributed by atoms with Gasteiger partial charge in [0.2, 0.25) is 0 Å². The first-order valence-corrected chi connectivity index (χ1v) is 12.2. The average Bonchev–Trinajstić information content (AvgIpc) is 3.28. The SMILES string of the molecule is CN(C)Cc1c(Cc2cccc3ccccc23)c(-c2ccccc2)c2n(c1=O)[C@H](C(=O)[O-])CS2.[Li+]. The van der Waals surface area contributed by atoms with Crippen molar-refractivity contribution < 1.29 is 28.8 Å². The normalized spacial score (nSPS) is 14.7. The van der Waals surface area contributed by atoms with Crippen molar-refractivity contribution >= 4 is 28.5 Å². The van der Waals surface area contributed by atoms with Gasteiger partial charge in [0.25, 0.3) is 5.56 Å². The average molecular weight is 477 g/mol. The number of carboxylic acids is 1. The maximum Gasteiger partial charge on any atom is 1.00 e. The number of carbonyl (C=O) groups is 1. The van der Waals surface area contributed by atoms with Gasteiger partial charge in [-0.25, -0.2) is 0 Å². The molecule has 0 radical (unpaired) electrons. The van der Waals surface area contributed by atoms with Crippen LogP contribution in [-0.2, 0) is 17.8 Å². The number of carboxylic acid groups (broad SMARTS) is 1. The molecular weight excluding hydrogens is 451 g/mol. The molecule has 1 aliphatic heterocycles. The Bertz CT molecular complexity index is 1450. The summed E-state index contributed by atoms with van der Waals surface area (Å²) in [7, 11) is 3.85. The molecule has 0 aliphatic carbocycles. The topological polar surface area (TPSA) is 65.4 Å². The number of aliphatic carboxylic acids is 1. The third kappa shape index (κ3) is 4.72. The Hall–Kier alpha value is -2.75. The fraction of sp³-hybridized carbons (Fsp3) is 0.214. The summed E-state index contributed by atoms with van der Waals surface area (Å²) in [5, 5.41) is 14.9. The molecule has 1 aromatic heterocycles. The summed E-state index contributed by atoms with van der Waals surface area (Å²) in [6.07, 6.45) is 0.578. The Morgan fingerprint density at radius 3 is 2.40 bits per heavy atom. The van der Waals surface area contributed by atoms with E-state index in [1.54, 1.807) is 0 Å². The monoisotopic (exact) mass is 476 g/mol. The minimum atomic E-state index is -1.22. The van der Waals surface area contributed by atoms with Crippen LogP contribution in [0.1, 0.15) is 22.7 Å². The zero-order valence-electron chi connectivity index (χ0n) is 20.2. The van der Waals surface area contributed by atoms with Crippen LogP contribution in [0.5, 0.6) is 0 Å². The minimum absolute atomic E-state index is 0. The maximum absolute atomic E-state index is 13.8. The molecule has 3 aromatic carbocycles. The summed E-state index contributed by atoms with van der Waals surface area (Å²) in [5.74, 6) is -0.929. The number of hydrogen-bond donors (Lipinski definition) is 0. The first kappa shape index (κ1) is 25.3. The number of fused-ring (bicyclic) bond motifs is 2. The van der Waals surface area contributed by atoms with Crippen LogP contribution < -0.4 is 29.5 Å². The van der Waals surface area contributed by atoms with E-state index >= 15 is 0 Å². The van der Waals surface area contributed by atoms with Gasteiger partial charge >= 0.3 is 18.9 Å². The summed E-state index contributed by atoms with van der Waals surface area (Å²) >= 11 is 1.42. The van der Waals surface area contributed by atoms with Crippen LogP contribution in [0.15, 0.2) is 82.6 Å². The Kier molecular flexibility index (Phi) is 7.58. The molecule has 0 fully saturated rings. The van der Waals surface area contributed by atoms with Crippen molar-refractivity contribution in [2.24, 2.45) is 0 Å². The van der Waals surface area contributed by atoms with Crippen LogP contribution in [-0.4, -0.2) is 35.3 Å². The molecule has 0 amide bonds. The maximum atomic E-state index is 13.8. The van der Waals surface area contributed by atoms with Gasteiger partial charge in [-0.2, -0.15) is 0 Å². The second kappa shape index (κ2) is 10.5. The molecule has 2 heterocycles. The van der Waals surface area contributed by atoms with E-state index in [-0.39, 0.29) is 30.2 Å². The molecule has 1 atom stereocenters. The van der Waals surface area contributed by atoms with Crippen molar-refractivity contribution in [1.82, 2.24) is 9.47 Å². The molecular formula is C28H25LiN2O3S. The number of thioether (sulfide) groups is 1. The van der Waals surface area contributed by atoms with Crippen molar-refractivity contribution in [3.8, 4) is 11.1 Å². The second-order valence-corrected chi connectivity index (χ2v) is 9.89. The number of benzene rings is 3. The fourth-order valence-electron chi connectivity index (χ4n) is 4.81. The van der Waals surface area contributed by atoms with Crippen molar-refractivity contribution in [1.29, 1.82) is 0 Å². The molecule has 4 aromatic rings. The van der Waals surface area contributed by atoms with Crippen LogP contribution >= 0.6 is 11.8 Å². The van der Waals surface area contributed by atoms with Crippen LogP contribution in [0, 0.1) is 0 Å². The summed E-state index contributed by atoms with van der Waals surface area (Å²) in [6, 6.07) is 23.5. The third-order valence-electron chi connectivity index (χ3n) is 6.32. The van der Waals surface area contributed by atoms with Crippen LogP contribution in [0.2, 0.25) is 0 Å². The Labute approximate surface area is 221 Å². The number of pyridine rings is 1. The molecule has 172 valence electrons. The molecule has 5 rings (SSSR count). The molecule has 1 aliphatic rings. The van der Waals surface area contributed by atoms with Crippen LogP contribution in [0.4, 0.5) is 0 Å². The number of aromatic nitrogens is 1. The van der Waals surface area contributed by atoms with Gasteiger partial charge in [0.1, 0.15) is 0 Å². The number of nitrogens with zero attached hydrogens (tertiary/aromatic N) is 2. The van der Waals surface area contributed by atoms with E-state index in [0.717, 1.165) is 33.0 Å². The zero-order valence-corrected chi connectivity index (χ0v) is 21.0. The van der Waals surface area contributed by atoms with Crippen molar-refractivity contribution in [2.45, 2.75) is 24.0 Å². The van der Waals surface area contributed by atoms with E-state index in [9.17, 15) is 14.7 Å². The zero-order chi connectivity index (χ0) is 23.8. The first-order chi connectivity index (χ1) is 16.5. The van der Waals surface area contributed by atoms with Gasteiger partial charge in [0, 0.05) is 23.4 Å². The molecule has 0 spiro atoms. The Morgan fingerprint density at radius 1 is 1.00 bits per heavy atom. The standard InChI is InChI=1S/C28H26N2O3S.Li/c1-29(2)16-23-22(15-20-13-8-12-18-9-6-7-14-21(18)20)25(19-10-4-3-5-11-19)27-30(26(23)31)24(17-34-27)28(32)33;/h3-14,24H,15-17H2,1-2H3,(H,32,33);/q;+1/p-1/t24-;/m0./s1. The van der Waals surface area contributed by atoms with E-state index in [4.69, 9.17) is 0 Å². The first-order valence-electron chi connectivity index (χ1n) is 11.3. The predicted molar refractivity (Wildman–Crippen MR) is 135 cm³/mol. The van der Waals surface area contributed by atoms with E-state index in [1.165, 1.54) is 16.3 Å². The van der Waals surface area contributed by atoms with E-state index in [1.807, 2.05) is 67.5 Å². The molecule has 7 heteroatoms. The summed E-state index contributed by atoms with van der Waals surface area (Å²) in [5.41, 5.74) is 4.41. The van der Waals surface area contributed by atoms with E-state index < -0.39 is 12.0 Å². The summed E-state index contributed by atoms with van der Waals surface area (Å²) < 4.78 is 1.45. The van der Waals surface area contributed by atoms with Gasteiger partial charge in [-0.05, 0) is 48.0 Å². The Balaban J connectivity index is 0.00000289. The number of rotatable bonds is 6. The van der Waals surface area contributed by atoms with Gasteiger partial charge in [0.05, 0.1) is 17.0 Å². The number of carbonyl (C=O) groups excluding carboxylic acids is 1. The van der Waals surface area contributed by atoms with Crippen LogP contribution in [0.25, 0.3) is 21.9 Å². The molecule has 35 heavy (non-hydrogen) atoms. The van der Waals surface area contributed by atoms with Gasteiger partial charge in [0.15, 0.2) is 0 Å². The quantitative estimate of drug-likeness (QED) is 0.384. The Morgan fingerprint density at radius 2 is 1.69 bits per heavy atom. The van der Waals surface area contributed by atoms with E-state index in [2.05, 4.69) is 24.3 Å². The number of hydrogen-bond acceptors (Lipinski definition) is 5. The second-order valence-electron chi connectivity index (χ2n) is 8.88. The molecule has 0 saturated heterocycles. The van der Waals surface area contributed by atoms with Gasteiger partial charge in [-0.15, -0.1) is 11.8 Å². The van der Waals surface area contributed by atoms with Crippen LogP contribution in [0.3, 0.4) is 0 Å². The van der Waals surface area contributed by atoms with Crippen molar-refractivity contribution in [2.75, 3.05) is 19.8 Å². The minimum Gasteiger partial charge on any atom is -0.548 e. The van der Waals surface area contributed by atoms with E-state index in [0.29, 0.717) is 23.6 Å². The predicted octanol–water partition coefficient (Wildman–Crippen LogP) is 0.722. The summed E-state index contributed by atoms with van der Waals surface area (Å²) in [6.45, 7) is 0.420.